The summed E-state index contributed by atoms with van der Waals surface area (Å²) in [6, 6.07) is 14.6. The lowest BCUT2D eigenvalue weighted by molar-refractivity contribution is 0.231. The molecule has 0 unspecified atom stereocenters. The Hall–Kier alpha value is -0.466. The molecule has 0 amide bonds. The van der Waals surface area contributed by atoms with Gasteiger partial charge in [-0.25, -0.2) is 0 Å². The summed E-state index contributed by atoms with van der Waals surface area (Å²) >= 11 is 0. The Morgan fingerprint density at radius 3 is 1.82 bits per heavy atom. The minimum Gasteiger partial charge on any atom is -0.397 e. The molecule has 0 atom stereocenters. The van der Waals surface area contributed by atoms with Crippen LogP contribution < -0.4 is 0 Å². The summed E-state index contributed by atoms with van der Waals surface area (Å²) in [4.78, 5) is 0. The molecule has 0 saturated carbocycles. The molecule has 0 bridgehead atoms. The van der Waals surface area contributed by atoms with Gasteiger partial charge in [-0.15, -0.1) is 0 Å². The smallest absolute Gasteiger partial charge is 0.348 e. The molecule has 0 aliphatic heterocycles. The zero-order chi connectivity index (χ0) is 16.6. The summed E-state index contributed by atoms with van der Waals surface area (Å²) in [7, 11) is 0.0142. The van der Waals surface area contributed by atoms with E-state index in [1.165, 1.54) is 23.7 Å². The summed E-state index contributed by atoms with van der Waals surface area (Å²) in [6.45, 7) is 10.3. The van der Waals surface area contributed by atoms with Gasteiger partial charge in [0.05, 0.1) is 0 Å². The fourth-order valence-corrected chi connectivity index (χ4v) is 9.97. The first-order valence-corrected chi connectivity index (χ1v) is 13.5. The quantitative estimate of drug-likeness (QED) is 0.590. The fourth-order valence-electron chi connectivity index (χ4n) is 3.18. The first-order chi connectivity index (χ1) is 10.5. The Bertz CT molecular complexity index is 412. The summed E-state index contributed by atoms with van der Waals surface area (Å²) in [5.41, 5.74) is 1.39. The van der Waals surface area contributed by atoms with Crippen LogP contribution in [-0.2, 0) is 15.4 Å². The SMILES string of the molecule is CC[Si](CC)(CC)N(Cc1ccccc1)C[Si](C)(OC)OC. The van der Waals surface area contributed by atoms with Gasteiger partial charge in [0.15, 0.2) is 0 Å². The molecule has 22 heavy (non-hydrogen) atoms. The summed E-state index contributed by atoms with van der Waals surface area (Å²) in [5, 5.41) is 0. The number of nitrogens with zero attached hydrogens (tertiary/aromatic N) is 1. The molecule has 0 aromatic heterocycles. The van der Waals surface area contributed by atoms with Crippen molar-refractivity contribution >= 4 is 16.8 Å². The van der Waals surface area contributed by atoms with Gasteiger partial charge in [-0.1, -0.05) is 51.1 Å². The van der Waals surface area contributed by atoms with E-state index in [0.717, 1.165) is 12.7 Å². The van der Waals surface area contributed by atoms with Crippen LogP contribution in [0, 0.1) is 0 Å². The highest BCUT2D eigenvalue weighted by Crippen LogP contribution is 2.28. The molecular weight excluding hydrogens is 306 g/mol. The topological polar surface area (TPSA) is 21.7 Å². The Kier molecular flexibility index (Phi) is 7.99. The van der Waals surface area contributed by atoms with E-state index in [4.69, 9.17) is 8.85 Å². The molecule has 5 heteroatoms. The predicted octanol–water partition coefficient (Wildman–Crippen LogP) is 4.40. The second-order valence-electron chi connectivity index (χ2n) is 6.17. The maximum absolute atomic E-state index is 5.78. The number of hydrogen-bond acceptors (Lipinski definition) is 3. The Labute approximate surface area is 139 Å². The van der Waals surface area contributed by atoms with Crippen molar-refractivity contribution in [3.05, 3.63) is 35.9 Å². The van der Waals surface area contributed by atoms with E-state index in [0.29, 0.717) is 0 Å². The fraction of sp³-hybridized carbons (Fsp3) is 0.647. The van der Waals surface area contributed by atoms with Gasteiger partial charge < -0.3 is 13.4 Å². The van der Waals surface area contributed by atoms with Crippen LogP contribution in [0.5, 0.6) is 0 Å². The average Bonchev–Trinajstić information content (AvgIpc) is 2.57. The number of rotatable bonds is 10. The van der Waals surface area contributed by atoms with Crippen molar-refractivity contribution in [1.29, 1.82) is 0 Å². The van der Waals surface area contributed by atoms with Crippen molar-refractivity contribution in [1.82, 2.24) is 4.57 Å². The standard InChI is InChI=1S/C17H33NO2Si2/c1-7-22(8-2,9-3)18(16-21(6,19-4)20-5)15-17-13-11-10-12-14-17/h10-14H,7-9,15-16H2,1-6H3. The number of benzene rings is 1. The molecule has 0 fully saturated rings. The largest absolute Gasteiger partial charge is 0.397 e. The molecule has 0 N–H and O–H groups in total. The maximum atomic E-state index is 5.78. The molecule has 0 radical (unpaired) electrons. The first-order valence-electron chi connectivity index (χ1n) is 8.38. The highest BCUT2D eigenvalue weighted by Gasteiger charge is 2.41. The van der Waals surface area contributed by atoms with E-state index in [1.807, 2.05) is 0 Å². The van der Waals surface area contributed by atoms with Gasteiger partial charge in [-0.2, -0.15) is 0 Å². The van der Waals surface area contributed by atoms with Crippen LogP contribution in [0.3, 0.4) is 0 Å². The van der Waals surface area contributed by atoms with Gasteiger partial charge in [0.25, 0.3) is 0 Å². The van der Waals surface area contributed by atoms with Crippen LogP contribution in [0.1, 0.15) is 26.3 Å². The molecule has 0 aliphatic carbocycles. The van der Waals surface area contributed by atoms with Crippen LogP contribution in [-0.4, -0.2) is 41.7 Å². The monoisotopic (exact) mass is 339 g/mol. The second-order valence-corrected chi connectivity index (χ2v) is 14.8. The van der Waals surface area contributed by atoms with Crippen molar-refractivity contribution in [3.8, 4) is 0 Å². The van der Waals surface area contributed by atoms with Gasteiger partial charge in [-0.05, 0) is 30.2 Å². The van der Waals surface area contributed by atoms with E-state index < -0.39 is 16.8 Å². The maximum Gasteiger partial charge on any atom is 0.348 e. The van der Waals surface area contributed by atoms with E-state index in [-0.39, 0.29) is 0 Å². The zero-order valence-electron chi connectivity index (χ0n) is 15.2. The second kappa shape index (κ2) is 8.98. The Morgan fingerprint density at radius 1 is 0.909 bits per heavy atom. The van der Waals surface area contributed by atoms with Crippen LogP contribution in [0.4, 0.5) is 0 Å². The molecule has 0 aliphatic rings. The minimum absolute atomic E-state index is 0.955. The van der Waals surface area contributed by atoms with Gasteiger partial charge in [0.1, 0.15) is 8.24 Å². The number of hydrogen-bond donors (Lipinski definition) is 0. The first kappa shape index (κ1) is 19.6. The summed E-state index contributed by atoms with van der Waals surface area (Å²) in [5.74, 6) is 0. The van der Waals surface area contributed by atoms with Gasteiger partial charge in [-0.3, -0.25) is 0 Å². The summed E-state index contributed by atoms with van der Waals surface area (Å²) < 4.78 is 14.3. The van der Waals surface area contributed by atoms with E-state index in [1.54, 1.807) is 14.2 Å². The highest BCUT2D eigenvalue weighted by atomic mass is 28.4. The minimum atomic E-state index is -2.11. The lowest BCUT2D eigenvalue weighted by Crippen LogP contribution is -2.59. The molecule has 0 spiro atoms. The van der Waals surface area contributed by atoms with Crippen molar-refractivity contribution in [2.24, 2.45) is 0 Å². The molecule has 126 valence electrons. The molecule has 1 aromatic rings. The molecular formula is C17H33NO2Si2. The van der Waals surface area contributed by atoms with Crippen LogP contribution in [0.2, 0.25) is 24.7 Å². The Balaban J connectivity index is 3.08. The Morgan fingerprint density at radius 2 is 1.41 bits per heavy atom. The molecule has 3 nitrogen and oxygen atoms in total. The highest BCUT2D eigenvalue weighted by molar-refractivity contribution is 6.78. The zero-order valence-corrected chi connectivity index (χ0v) is 17.2. The van der Waals surface area contributed by atoms with Crippen molar-refractivity contribution < 1.29 is 8.85 Å². The van der Waals surface area contributed by atoms with E-state index in [9.17, 15) is 0 Å². The van der Waals surface area contributed by atoms with E-state index in [2.05, 4.69) is 62.2 Å². The van der Waals surface area contributed by atoms with Crippen molar-refractivity contribution in [2.75, 3.05) is 20.4 Å². The predicted molar refractivity (Wildman–Crippen MR) is 99.7 cm³/mol. The van der Waals surface area contributed by atoms with Crippen LogP contribution in [0.25, 0.3) is 0 Å². The van der Waals surface area contributed by atoms with Crippen molar-refractivity contribution in [3.63, 3.8) is 0 Å². The molecule has 1 rings (SSSR count). The summed E-state index contributed by atoms with van der Waals surface area (Å²) in [6.07, 6.45) is 0.955. The molecule has 0 saturated heterocycles. The van der Waals surface area contributed by atoms with Crippen LogP contribution >= 0.6 is 0 Å². The van der Waals surface area contributed by atoms with Crippen molar-refractivity contribution in [2.45, 2.75) is 52.0 Å². The lowest BCUT2D eigenvalue weighted by Gasteiger charge is -2.44. The van der Waals surface area contributed by atoms with Crippen LogP contribution in [0.15, 0.2) is 30.3 Å². The van der Waals surface area contributed by atoms with E-state index >= 15 is 0 Å². The third kappa shape index (κ3) is 4.76. The third-order valence-electron chi connectivity index (χ3n) is 5.20. The molecule has 1 aromatic carbocycles. The van der Waals surface area contributed by atoms with Gasteiger partial charge >= 0.3 is 8.56 Å². The average molecular weight is 340 g/mol. The van der Waals surface area contributed by atoms with Gasteiger partial charge in [0, 0.05) is 26.9 Å². The lowest BCUT2D eigenvalue weighted by atomic mass is 10.2. The molecule has 0 heterocycles. The third-order valence-corrected chi connectivity index (χ3v) is 13.8. The normalized spacial score (nSPS) is 12.9. The van der Waals surface area contributed by atoms with Gasteiger partial charge in [0.2, 0.25) is 0 Å².